The molecule has 2 heterocycles. The number of nitrogens with one attached hydrogen (secondary N) is 2. The first-order valence-electron chi connectivity index (χ1n) is 9.53. The van der Waals surface area contributed by atoms with Crippen LogP contribution in [0.25, 0.3) is 0 Å². The minimum absolute atomic E-state index is 0.0188. The second kappa shape index (κ2) is 9.82. The van der Waals surface area contributed by atoms with Crippen molar-refractivity contribution in [2.24, 2.45) is 5.92 Å². The molecule has 27 heavy (non-hydrogen) atoms. The van der Waals surface area contributed by atoms with Crippen LogP contribution in [0.15, 0.2) is 0 Å². The first-order valence-corrected chi connectivity index (χ1v) is 9.53. The normalized spacial score (nSPS) is 25.9. The number of hydrogen-bond donors (Lipinski definition) is 2. The molecule has 0 aromatic heterocycles. The first-order chi connectivity index (χ1) is 12.3. The minimum Gasteiger partial charge on any atom is -0.353 e. The van der Waals surface area contributed by atoms with Crippen LogP contribution in [0.5, 0.6) is 0 Å². The van der Waals surface area contributed by atoms with Crippen LogP contribution in [0.4, 0.5) is 0 Å². The van der Waals surface area contributed by atoms with Gasteiger partial charge in [-0.2, -0.15) is 0 Å². The Bertz CT molecular complexity index is 504. The van der Waals surface area contributed by atoms with E-state index in [1.54, 1.807) is 13.8 Å². The molecule has 2 atom stereocenters. The van der Waals surface area contributed by atoms with E-state index < -0.39 is 17.7 Å². The molecule has 2 unspecified atom stereocenters. The maximum absolute atomic E-state index is 11.4. The van der Waals surface area contributed by atoms with Crippen molar-refractivity contribution in [1.29, 1.82) is 0 Å². The van der Waals surface area contributed by atoms with Gasteiger partial charge in [0.25, 0.3) is 5.91 Å². The lowest BCUT2D eigenvalue weighted by molar-refractivity contribution is -0.153. The second-order valence-corrected chi connectivity index (χ2v) is 8.33. The average molecular weight is 389 g/mol. The smallest absolute Gasteiger partial charge is 0.251 e. The molecule has 2 aliphatic rings. The van der Waals surface area contributed by atoms with Gasteiger partial charge in [-0.3, -0.25) is 9.59 Å². The standard InChI is InChI=1S/C10H19NO3.C9H17NO3/c1-7(2)9(12)11-5-8-6-13-10(3,4)14-8;1-6(2)10-8(11)7-5-12-9(3,4)13-7/h7-8H,5-6H2,1-4H3,(H,11,12);6-7H,5H2,1-4H3,(H,10,11). The summed E-state index contributed by atoms with van der Waals surface area (Å²) >= 11 is 0. The molecule has 2 fully saturated rings. The molecule has 2 amide bonds. The molecule has 0 aromatic rings. The van der Waals surface area contributed by atoms with E-state index in [0.717, 1.165) is 0 Å². The van der Waals surface area contributed by atoms with Crippen LogP contribution >= 0.6 is 0 Å². The van der Waals surface area contributed by atoms with Gasteiger partial charge in [-0.15, -0.1) is 0 Å². The van der Waals surface area contributed by atoms with Crippen LogP contribution in [0, 0.1) is 5.92 Å². The van der Waals surface area contributed by atoms with E-state index in [-0.39, 0.29) is 29.9 Å². The summed E-state index contributed by atoms with van der Waals surface area (Å²) in [5, 5.41) is 5.60. The molecule has 2 rings (SSSR count). The van der Waals surface area contributed by atoms with Crippen LogP contribution in [-0.4, -0.2) is 61.4 Å². The van der Waals surface area contributed by atoms with E-state index >= 15 is 0 Å². The van der Waals surface area contributed by atoms with Gasteiger partial charge < -0.3 is 29.6 Å². The largest absolute Gasteiger partial charge is 0.353 e. The number of carbonyl (C=O) groups excluding carboxylic acids is 2. The van der Waals surface area contributed by atoms with Gasteiger partial charge in [0.1, 0.15) is 6.10 Å². The highest BCUT2D eigenvalue weighted by atomic mass is 16.7. The SMILES string of the molecule is CC(C)C(=O)NCC1COC(C)(C)O1.CC(C)NC(=O)C1COC(C)(C)O1. The van der Waals surface area contributed by atoms with Gasteiger partial charge in [0.05, 0.1) is 13.2 Å². The highest BCUT2D eigenvalue weighted by Crippen LogP contribution is 2.22. The highest BCUT2D eigenvalue weighted by Gasteiger charge is 2.37. The van der Waals surface area contributed by atoms with Crippen LogP contribution in [-0.2, 0) is 28.5 Å². The molecular weight excluding hydrogens is 352 g/mol. The molecule has 0 radical (unpaired) electrons. The molecule has 0 saturated carbocycles. The topological polar surface area (TPSA) is 95.1 Å². The number of ether oxygens (including phenoxy) is 4. The third-order valence-corrected chi connectivity index (χ3v) is 3.83. The molecule has 0 aromatic carbocycles. The average Bonchev–Trinajstić information content (AvgIpc) is 3.06. The molecule has 2 aliphatic heterocycles. The number of carbonyl (C=O) groups is 2. The Labute approximate surface area is 162 Å². The lowest BCUT2D eigenvalue weighted by atomic mass is 10.2. The van der Waals surface area contributed by atoms with Crippen LogP contribution in [0.3, 0.4) is 0 Å². The Kier molecular flexibility index (Phi) is 8.66. The Balaban J connectivity index is 0.000000271. The molecule has 0 aliphatic carbocycles. The Morgan fingerprint density at radius 2 is 1.52 bits per heavy atom. The molecule has 2 N–H and O–H groups in total. The minimum atomic E-state index is -0.626. The van der Waals surface area contributed by atoms with Crippen molar-refractivity contribution >= 4 is 11.8 Å². The molecule has 8 nitrogen and oxygen atoms in total. The van der Waals surface area contributed by atoms with Crippen molar-refractivity contribution < 1.29 is 28.5 Å². The molecule has 8 heteroatoms. The van der Waals surface area contributed by atoms with Crippen LogP contribution < -0.4 is 10.6 Å². The third-order valence-electron chi connectivity index (χ3n) is 3.83. The van der Waals surface area contributed by atoms with Gasteiger partial charge >= 0.3 is 0 Å². The van der Waals surface area contributed by atoms with E-state index in [2.05, 4.69) is 10.6 Å². The van der Waals surface area contributed by atoms with Crippen molar-refractivity contribution in [2.75, 3.05) is 19.8 Å². The summed E-state index contributed by atoms with van der Waals surface area (Å²) in [5.41, 5.74) is 0. The summed E-state index contributed by atoms with van der Waals surface area (Å²) in [5.74, 6) is -1.16. The molecule has 0 bridgehead atoms. The quantitative estimate of drug-likeness (QED) is 0.742. The van der Waals surface area contributed by atoms with E-state index in [1.807, 2.05) is 41.5 Å². The summed E-state index contributed by atoms with van der Waals surface area (Å²) in [6, 6.07) is 0.139. The maximum atomic E-state index is 11.4. The molecular formula is C19H36N2O6. The van der Waals surface area contributed by atoms with Crippen LogP contribution in [0.1, 0.15) is 55.4 Å². The Hall–Kier alpha value is -1.22. The summed E-state index contributed by atoms with van der Waals surface area (Å²) in [6.45, 7) is 16.3. The zero-order chi connectivity index (χ0) is 20.8. The van der Waals surface area contributed by atoms with Crippen molar-refractivity contribution in [2.45, 2.75) is 85.2 Å². The zero-order valence-corrected chi connectivity index (χ0v) is 17.9. The van der Waals surface area contributed by atoms with Gasteiger partial charge in [0.15, 0.2) is 17.7 Å². The fourth-order valence-corrected chi connectivity index (χ4v) is 2.48. The third kappa shape index (κ3) is 9.01. The Morgan fingerprint density at radius 1 is 0.963 bits per heavy atom. The maximum Gasteiger partial charge on any atom is 0.251 e. The van der Waals surface area contributed by atoms with Gasteiger partial charge in [0.2, 0.25) is 5.91 Å². The van der Waals surface area contributed by atoms with E-state index in [0.29, 0.717) is 19.8 Å². The predicted molar refractivity (Wildman–Crippen MR) is 101 cm³/mol. The van der Waals surface area contributed by atoms with Gasteiger partial charge in [-0.05, 0) is 41.5 Å². The van der Waals surface area contributed by atoms with Gasteiger partial charge in [-0.1, -0.05) is 13.8 Å². The highest BCUT2D eigenvalue weighted by molar-refractivity contribution is 5.81. The molecule has 0 spiro atoms. The molecule has 2 saturated heterocycles. The van der Waals surface area contributed by atoms with E-state index in [4.69, 9.17) is 18.9 Å². The van der Waals surface area contributed by atoms with Gasteiger partial charge in [0, 0.05) is 18.5 Å². The van der Waals surface area contributed by atoms with Crippen molar-refractivity contribution in [3.05, 3.63) is 0 Å². The summed E-state index contributed by atoms with van der Waals surface area (Å²) < 4.78 is 21.6. The lowest BCUT2D eigenvalue weighted by Gasteiger charge is -2.17. The first kappa shape index (κ1) is 23.8. The predicted octanol–water partition coefficient (Wildman–Crippen LogP) is 1.57. The van der Waals surface area contributed by atoms with Crippen LogP contribution in [0.2, 0.25) is 0 Å². The lowest BCUT2D eigenvalue weighted by Crippen LogP contribution is -2.40. The summed E-state index contributed by atoms with van der Waals surface area (Å²) in [6.07, 6.45) is -0.481. The fourth-order valence-electron chi connectivity index (χ4n) is 2.48. The number of rotatable bonds is 5. The monoisotopic (exact) mass is 388 g/mol. The Morgan fingerprint density at radius 3 is 1.93 bits per heavy atom. The second-order valence-electron chi connectivity index (χ2n) is 8.33. The fraction of sp³-hybridized carbons (Fsp3) is 0.895. The molecule has 158 valence electrons. The summed E-state index contributed by atoms with van der Waals surface area (Å²) in [7, 11) is 0. The van der Waals surface area contributed by atoms with E-state index in [9.17, 15) is 9.59 Å². The van der Waals surface area contributed by atoms with Crippen molar-refractivity contribution in [3.8, 4) is 0 Å². The number of hydrogen-bond acceptors (Lipinski definition) is 6. The summed E-state index contributed by atoms with van der Waals surface area (Å²) in [4.78, 5) is 22.7. The zero-order valence-electron chi connectivity index (χ0n) is 17.9. The van der Waals surface area contributed by atoms with Crippen molar-refractivity contribution in [1.82, 2.24) is 10.6 Å². The van der Waals surface area contributed by atoms with Crippen molar-refractivity contribution in [3.63, 3.8) is 0 Å². The van der Waals surface area contributed by atoms with E-state index in [1.165, 1.54) is 0 Å². The van der Waals surface area contributed by atoms with Gasteiger partial charge in [-0.25, -0.2) is 0 Å². The number of amides is 2.